The van der Waals surface area contributed by atoms with E-state index in [0.717, 1.165) is 26.2 Å². The minimum Gasteiger partial charge on any atom is -0.360 e. The van der Waals surface area contributed by atoms with Crippen LogP contribution in [0.15, 0.2) is 48.5 Å². The lowest BCUT2D eigenvalue weighted by atomic mass is 10.2. The average molecular weight is 379 g/mol. The van der Waals surface area contributed by atoms with E-state index in [1.807, 2.05) is 13.0 Å². The predicted octanol–water partition coefficient (Wildman–Crippen LogP) is 2.73. The number of hydrogen-bond donors (Lipinski definition) is 2. The summed E-state index contributed by atoms with van der Waals surface area (Å²) in [6.45, 7) is 5.71. The summed E-state index contributed by atoms with van der Waals surface area (Å²) in [5.74, 6) is -0.0209. The molecule has 2 N–H and O–H groups in total. The number of nitrogens with zero attached hydrogens (tertiary/aromatic N) is 1. The normalized spacial score (nSPS) is 16.5. The first kappa shape index (κ1) is 18.1. The molecular formula is C19H22Cl2N3O+. The van der Waals surface area contributed by atoms with E-state index < -0.39 is 0 Å². The van der Waals surface area contributed by atoms with Crippen LogP contribution in [-0.4, -0.2) is 38.1 Å². The number of hydrogen-bond acceptors (Lipinski definition) is 2. The van der Waals surface area contributed by atoms with Crippen LogP contribution in [0.3, 0.4) is 0 Å². The molecule has 0 aromatic heterocycles. The highest BCUT2D eigenvalue weighted by Crippen LogP contribution is 2.25. The summed E-state index contributed by atoms with van der Waals surface area (Å²) in [5.41, 5.74) is 1.84. The van der Waals surface area contributed by atoms with Crippen molar-refractivity contribution in [3.63, 3.8) is 0 Å². The molecule has 0 saturated carbocycles. The number of carbonyl (C=O) groups excluding carboxylic acids is 1. The van der Waals surface area contributed by atoms with Gasteiger partial charge in [0.2, 0.25) is 0 Å². The van der Waals surface area contributed by atoms with Crippen LogP contribution in [0, 0.1) is 0 Å². The van der Waals surface area contributed by atoms with Crippen LogP contribution in [0.1, 0.15) is 6.92 Å². The Morgan fingerprint density at radius 1 is 1.12 bits per heavy atom. The highest BCUT2D eigenvalue weighted by atomic mass is 35.5. The first-order valence-electron chi connectivity index (χ1n) is 8.45. The van der Waals surface area contributed by atoms with Crippen molar-refractivity contribution in [1.82, 2.24) is 0 Å². The number of amides is 1. The van der Waals surface area contributed by atoms with E-state index in [1.165, 1.54) is 10.6 Å². The monoisotopic (exact) mass is 378 g/mol. The molecule has 1 fully saturated rings. The van der Waals surface area contributed by atoms with Gasteiger partial charge in [-0.3, -0.25) is 4.79 Å². The molecule has 0 bridgehead atoms. The molecule has 0 spiro atoms. The number of halogens is 2. The molecule has 2 aromatic carbocycles. The molecule has 0 radical (unpaired) electrons. The van der Waals surface area contributed by atoms with Crippen molar-refractivity contribution in [2.24, 2.45) is 0 Å². The van der Waals surface area contributed by atoms with Gasteiger partial charge in [-0.25, -0.2) is 0 Å². The molecule has 3 rings (SSSR count). The highest BCUT2D eigenvalue weighted by molar-refractivity contribution is 6.36. The Kier molecular flexibility index (Phi) is 5.84. The van der Waals surface area contributed by atoms with Crippen LogP contribution in [0.2, 0.25) is 10.0 Å². The Labute approximate surface area is 158 Å². The number of nitrogens with one attached hydrogen (secondary N) is 2. The lowest BCUT2D eigenvalue weighted by Gasteiger charge is -2.36. The van der Waals surface area contributed by atoms with Crippen LogP contribution >= 0.6 is 23.2 Å². The molecule has 1 saturated heterocycles. The molecule has 1 atom stereocenters. The maximum atomic E-state index is 12.6. The number of quaternary nitrogens is 1. The van der Waals surface area contributed by atoms with Crippen LogP contribution in [-0.2, 0) is 4.79 Å². The maximum Gasteiger partial charge on any atom is 0.282 e. The van der Waals surface area contributed by atoms with Gasteiger partial charge in [0.25, 0.3) is 5.91 Å². The molecule has 1 aliphatic rings. The fourth-order valence-electron chi connectivity index (χ4n) is 3.14. The topological polar surface area (TPSA) is 36.8 Å². The second-order valence-electron chi connectivity index (χ2n) is 6.32. The largest absolute Gasteiger partial charge is 0.360 e. The predicted molar refractivity (Wildman–Crippen MR) is 104 cm³/mol. The summed E-state index contributed by atoms with van der Waals surface area (Å²) in [6.07, 6.45) is 0. The summed E-state index contributed by atoms with van der Waals surface area (Å²) in [6, 6.07) is 15.4. The standard InChI is InChI=1S/C19H21Cl2N3O/c1-14(19(25)22-18-8-7-15(20)13-17(18)21)23-9-11-24(12-10-23)16-5-3-2-4-6-16/h2-8,13-14H,9-12H2,1H3,(H,22,25)/p+1/t14-/m1/s1. The third-order valence-corrected chi connectivity index (χ3v) is 5.27. The molecule has 132 valence electrons. The van der Waals surface area contributed by atoms with E-state index in [4.69, 9.17) is 23.2 Å². The minimum atomic E-state index is -0.135. The van der Waals surface area contributed by atoms with Crippen molar-refractivity contribution < 1.29 is 9.69 Å². The first-order valence-corrected chi connectivity index (χ1v) is 9.20. The summed E-state index contributed by atoms with van der Waals surface area (Å²) < 4.78 is 0. The molecular weight excluding hydrogens is 357 g/mol. The summed E-state index contributed by atoms with van der Waals surface area (Å²) in [4.78, 5) is 16.2. The third kappa shape index (κ3) is 4.46. The molecule has 2 aromatic rings. The third-order valence-electron chi connectivity index (χ3n) is 4.72. The van der Waals surface area contributed by atoms with Crippen LogP contribution < -0.4 is 15.1 Å². The molecule has 0 aliphatic carbocycles. The van der Waals surface area contributed by atoms with Crippen LogP contribution in [0.25, 0.3) is 0 Å². The number of anilines is 2. The Hall–Kier alpha value is -1.75. The van der Waals surface area contributed by atoms with Crippen molar-refractivity contribution in [2.45, 2.75) is 13.0 Å². The second-order valence-corrected chi connectivity index (χ2v) is 7.16. The summed E-state index contributed by atoms with van der Waals surface area (Å²) in [7, 11) is 0. The van der Waals surface area contributed by atoms with E-state index in [-0.39, 0.29) is 11.9 Å². The van der Waals surface area contributed by atoms with Crippen LogP contribution in [0.4, 0.5) is 11.4 Å². The minimum absolute atomic E-state index is 0.0209. The highest BCUT2D eigenvalue weighted by Gasteiger charge is 2.29. The van der Waals surface area contributed by atoms with E-state index in [2.05, 4.69) is 34.5 Å². The van der Waals surface area contributed by atoms with Gasteiger partial charge in [0.1, 0.15) is 0 Å². The zero-order valence-corrected chi connectivity index (χ0v) is 15.6. The van der Waals surface area contributed by atoms with Gasteiger partial charge in [-0.1, -0.05) is 41.4 Å². The molecule has 1 amide bonds. The Morgan fingerprint density at radius 2 is 1.80 bits per heavy atom. The van der Waals surface area contributed by atoms with Crippen molar-refractivity contribution in [1.29, 1.82) is 0 Å². The molecule has 0 unspecified atom stereocenters. The fraction of sp³-hybridized carbons (Fsp3) is 0.316. The average Bonchev–Trinajstić information content (AvgIpc) is 2.64. The van der Waals surface area contributed by atoms with Crippen molar-refractivity contribution in [3.05, 3.63) is 58.6 Å². The van der Waals surface area contributed by atoms with E-state index in [9.17, 15) is 4.79 Å². The number of piperazine rings is 1. The van der Waals surface area contributed by atoms with E-state index >= 15 is 0 Å². The van der Waals surface area contributed by atoms with Crippen molar-refractivity contribution in [2.75, 3.05) is 36.4 Å². The SMILES string of the molecule is C[C@H](C(=O)Nc1ccc(Cl)cc1Cl)[NH+]1CCN(c2ccccc2)CC1. The van der Waals surface area contributed by atoms with Gasteiger partial charge in [-0.2, -0.15) is 0 Å². The van der Waals surface area contributed by atoms with Crippen molar-refractivity contribution >= 4 is 40.5 Å². The Bertz CT molecular complexity index is 731. The van der Waals surface area contributed by atoms with Gasteiger partial charge < -0.3 is 15.1 Å². The quantitative estimate of drug-likeness (QED) is 0.857. The number of carbonyl (C=O) groups is 1. The zero-order valence-electron chi connectivity index (χ0n) is 14.1. The maximum absolute atomic E-state index is 12.6. The number of para-hydroxylation sites is 1. The number of rotatable bonds is 4. The molecule has 4 nitrogen and oxygen atoms in total. The first-order chi connectivity index (χ1) is 12.0. The Balaban J connectivity index is 1.56. The molecule has 25 heavy (non-hydrogen) atoms. The van der Waals surface area contributed by atoms with Gasteiger partial charge in [0, 0.05) is 10.7 Å². The van der Waals surface area contributed by atoms with E-state index in [1.54, 1.807) is 18.2 Å². The van der Waals surface area contributed by atoms with Gasteiger partial charge in [0.05, 0.1) is 36.9 Å². The second kappa shape index (κ2) is 8.09. The Morgan fingerprint density at radius 3 is 2.44 bits per heavy atom. The fourth-order valence-corrected chi connectivity index (χ4v) is 3.60. The zero-order chi connectivity index (χ0) is 17.8. The van der Waals surface area contributed by atoms with Gasteiger partial charge in [-0.05, 0) is 37.3 Å². The van der Waals surface area contributed by atoms with Gasteiger partial charge in [0.15, 0.2) is 6.04 Å². The van der Waals surface area contributed by atoms with Gasteiger partial charge >= 0.3 is 0 Å². The van der Waals surface area contributed by atoms with Crippen molar-refractivity contribution in [3.8, 4) is 0 Å². The lowest BCUT2D eigenvalue weighted by Crippen LogP contribution is -3.19. The number of benzene rings is 2. The van der Waals surface area contributed by atoms with Crippen LogP contribution in [0.5, 0.6) is 0 Å². The van der Waals surface area contributed by atoms with E-state index in [0.29, 0.717) is 15.7 Å². The molecule has 6 heteroatoms. The molecule has 1 aliphatic heterocycles. The van der Waals surface area contributed by atoms with Gasteiger partial charge in [-0.15, -0.1) is 0 Å². The lowest BCUT2D eigenvalue weighted by molar-refractivity contribution is -0.914. The smallest absolute Gasteiger partial charge is 0.282 e. The molecule has 1 heterocycles. The summed E-state index contributed by atoms with van der Waals surface area (Å²) in [5, 5.41) is 3.92. The summed E-state index contributed by atoms with van der Waals surface area (Å²) >= 11 is 12.0.